The summed E-state index contributed by atoms with van der Waals surface area (Å²) in [6.45, 7) is 5.96. The number of ketones is 1. The van der Waals surface area contributed by atoms with Gasteiger partial charge < -0.3 is 19.0 Å². The van der Waals surface area contributed by atoms with Crippen molar-refractivity contribution in [2.45, 2.75) is 51.8 Å². The summed E-state index contributed by atoms with van der Waals surface area (Å²) in [4.78, 5) is 15.3. The highest BCUT2D eigenvalue weighted by Gasteiger charge is 2.46. The predicted molar refractivity (Wildman–Crippen MR) is 104 cm³/mol. The van der Waals surface area contributed by atoms with Crippen molar-refractivity contribution in [1.82, 2.24) is 4.98 Å². The van der Waals surface area contributed by atoms with Crippen molar-refractivity contribution in [2.24, 2.45) is 5.92 Å². The van der Waals surface area contributed by atoms with E-state index in [2.05, 4.69) is 4.98 Å². The maximum atomic E-state index is 14.7. The third-order valence-electron chi connectivity index (χ3n) is 4.64. The van der Waals surface area contributed by atoms with Crippen LogP contribution < -0.4 is 9.47 Å². The molecule has 1 aliphatic rings. The third-order valence-corrected chi connectivity index (χ3v) is 5.61. The van der Waals surface area contributed by atoms with Gasteiger partial charge in [-0.1, -0.05) is 18.3 Å². The van der Waals surface area contributed by atoms with Crippen molar-refractivity contribution in [3.8, 4) is 10.9 Å². The van der Waals surface area contributed by atoms with E-state index in [9.17, 15) is 13.6 Å². The van der Waals surface area contributed by atoms with Gasteiger partial charge in [0.2, 0.25) is 0 Å². The van der Waals surface area contributed by atoms with Crippen molar-refractivity contribution in [2.75, 3.05) is 19.8 Å². The monoisotopic (exact) mass is 413 g/mol. The van der Waals surface area contributed by atoms with E-state index in [0.717, 1.165) is 11.3 Å². The molecule has 2 aromatic rings. The van der Waals surface area contributed by atoms with Gasteiger partial charge in [-0.3, -0.25) is 0 Å². The van der Waals surface area contributed by atoms with Crippen LogP contribution in [0.2, 0.25) is 0 Å². The lowest BCUT2D eigenvalue weighted by Crippen LogP contribution is -2.49. The maximum Gasteiger partial charge on any atom is 0.274 e. The number of benzene rings is 1. The van der Waals surface area contributed by atoms with Crippen molar-refractivity contribution >= 4 is 27.3 Å². The van der Waals surface area contributed by atoms with Gasteiger partial charge in [-0.05, 0) is 31.9 Å². The Morgan fingerprint density at radius 2 is 2.14 bits per heavy atom. The first kappa shape index (κ1) is 20.9. The quantitative estimate of drug-likeness (QED) is 0.564. The molecule has 3 rings (SSSR count). The van der Waals surface area contributed by atoms with E-state index < -0.39 is 11.5 Å². The fraction of sp³-hybridized carbons (Fsp3) is 0.600. The summed E-state index contributed by atoms with van der Waals surface area (Å²) in [5.41, 5.74) is -1.04. The molecule has 0 unspecified atom stereocenters. The summed E-state index contributed by atoms with van der Waals surface area (Å²) in [5, 5.41) is 0.397. The van der Waals surface area contributed by atoms with Crippen LogP contribution in [0, 0.1) is 11.7 Å². The lowest BCUT2D eigenvalue weighted by Gasteiger charge is -2.41. The Bertz CT molecular complexity index is 835. The van der Waals surface area contributed by atoms with E-state index >= 15 is 0 Å². The number of hydrogen-bond acceptors (Lipinski definition) is 6. The first-order chi connectivity index (χ1) is 13.3. The second-order valence-corrected chi connectivity index (χ2v) is 8.41. The molecule has 0 saturated heterocycles. The summed E-state index contributed by atoms with van der Waals surface area (Å²) in [7, 11) is 0. The number of rotatable bonds is 10. The van der Waals surface area contributed by atoms with E-state index in [1.165, 1.54) is 6.07 Å². The fourth-order valence-electron chi connectivity index (χ4n) is 3.27. The normalized spacial score (nSPS) is 22.7. The molecular weight excluding hydrogens is 388 g/mol. The van der Waals surface area contributed by atoms with Crippen LogP contribution >= 0.6 is 11.3 Å². The van der Waals surface area contributed by atoms with Crippen LogP contribution in [0.3, 0.4) is 0 Å². The minimum atomic E-state index is -1.53. The summed E-state index contributed by atoms with van der Waals surface area (Å²) in [6.07, 6.45) is 0.684. The molecule has 1 aromatic heterocycles. The van der Waals surface area contributed by atoms with Crippen LogP contribution in [0.25, 0.3) is 10.2 Å². The minimum Gasteiger partial charge on any atom is -0.487 e. The van der Waals surface area contributed by atoms with Gasteiger partial charge in [0, 0.05) is 25.9 Å². The van der Waals surface area contributed by atoms with Crippen LogP contribution in [0.15, 0.2) is 12.1 Å². The lowest BCUT2D eigenvalue weighted by atomic mass is 9.79. The first-order valence-electron chi connectivity index (χ1n) is 9.44. The zero-order valence-electron chi connectivity index (χ0n) is 16.3. The van der Waals surface area contributed by atoms with E-state index in [-0.39, 0.29) is 43.0 Å². The first-order valence-corrected chi connectivity index (χ1v) is 10.3. The van der Waals surface area contributed by atoms with E-state index in [0.29, 0.717) is 35.0 Å². The van der Waals surface area contributed by atoms with Gasteiger partial charge in [0.1, 0.15) is 18.1 Å². The Labute approximate surface area is 167 Å². The molecule has 1 saturated carbocycles. The summed E-state index contributed by atoms with van der Waals surface area (Å²) in [5.74, 6) is -0.304. The predicted octanol–water partition coefficient (Wildman–Crippen LogP) is 4.72. The molecule has 154 valence electrons. The number of alkyl halides is 1. The van der Waals surface area contributed by atoms with Gasteiger partial charge in [0.25, 0.3) is 5.19 Å². The van der Waals surface area contributed by atoms with Gasteiger partial charge in [0.15, 0.2) is 11.6 Å². The van der Waals surface area contributed by atoms with Gasteiger partial charge in [-0.15, -0.1) is 0 Å². The number of nitrogens with zero attached hydrogens (tertiary/aromatic N) is 1. The van der Waals surface area contributed by atoms with Crippen molar-refractivity contribution in [3.05, 3.63) is 17.9 Å². The lowest BCUT2D eigenvalue weighted by molar-refractivity contribution is -0.125. The Morgan fingerprint density at radius 3 is 2.82 bits per heavy atom. The van der Waals surface area contributed by atoms with Gasteiger partial charge >= 0.3 is 0 Å². The van der Waals surface area contributed by atoms with Crippen LogP contribution in [-0.2, 0) is 9.53 Å². The molecule has 1 aromatic carbocycles. The molecule has 0 bridgehead atoms. The number of carbonyl (C=O) groups is 1. The Balaban J connectivity index is 1.50. The largest absolute Gasteiger partial charge is 0.487 e. The molecule has 5 nitrogen and oxygen atoms in total. The summed E-state index contributed by atoms with van der Waals surface area (Å²) >= 11 is 1.10. The van der Waals surface area contributed by atoms with E-state index in [1.54, 1.807) is 13.0 Å². The zero-order valence-corrected chi connectivity index (χ0v) is 17.1. The number of fused-ring (bicyclic) bond motifs is 1. The fourth-order valence-corrected chi connectivity index (χ4v) is 4.17. The van der Waals surface area contributed by atoms with Crippen molar-refractivity contribution in [3.63, 3.8) is 0 Å². The molecule has 0 amide bonds. The highest BCUT2D eigenvalue weighted by molar-refractivity contribution is 7.20. The van der Waals surface area contributed by atoms with Gasteiger partial charge in [0.05, 0.1) is 22.9 Å². The summed E-state index contributed by atoms with van der Waals surface area (Å²) < 4.78 is 46.1. The molecular formula is C20H25F2NO4S. The minimum absolute atomic E-state index is 0.00988. The second kappa shape index (κ2) is 8.69. The standard InChI is InChI=1S/C20H25F2NO4S/c1-4-25-19-23-15-5-6-16(17(21)18(15)28-19)27-11-20(22)8-14(9-20)26-10-12(2)7-13(3)24/h5-6,12,14H,4,7-11H2,1-3H3/t12-,14?,20?/m1/s1. The molecule has 28 heavy (non-hydrogen) atoms. The number of thiazole rings is 1. The molecule has 1 aliphatic carbocycles. The van der Waals surface area contributed by atoms with Crippen LogP contribution in [-0.4, -0.2) is 42.4 Å². The maximum absolute atomic E-state index is 14.7. The molecule has 1 fully saturated rings. The number of Topliss-reactive ketones (excluding diaryl/α,β-unsaturated/α-hetero) is 1. The molecule has 1 heterocycles. The Kier molecular flexibility index (Phi) is 6.50. The third kappa shape index (κ3) is 4.97. The molecule has 1 atom stereocenters. The Morgan fingerprint density at radius 1 is 1.39 bits per heavy atom. The van der Waals surface area contributed by atoms with Crippen LogP contribution in [0.1, 0.15) is 40.0 Å². The van der Waals surface area contributed by atoms with Crippen LogP contribution in [0.5, 0.6) is 10.9 Å². The SMILES string of the molecule is CCOc1nc2ccc(OCC3(F)CC(OC[C@H](C)CC(C)=O)C3)c(F)c2s1. The van der Waals surface area contributed by atoms with E-state index in [1.807, 2.05) is 13.8 Å². The molecule has 8 heteroatoms. The number of aromatic nitrogens is 1. The number of ether oxygens (including phenoxy) is 3. The van der Waals surface area contributed by atoms with Crippen molar-refractivity contribution in [1.29, 1.82) is 0 Å². The van der Waals surface area contributed by atoms with Gasteiger partial charge in [-0.2, -0.15) is 0 Å². The molecule has 0 N–H and O–H groups in total. The number of halogens is 2. The van der Waals surface area contributed by atoms with Gasteiger partial charge in [-0.25, -0.2) is 13.8 Å². The second-order valence-electron chi connectivity index (χ2n) is 7.45. The van der Waals surface area contributed by atoms with Crippen LogP contribution in [0.4, 0.5) is 8.78 Å². The average Bonchev–Trinajstić information content (AvgIpc) is 3.01. The number of carbonyl (C=O) groups excluding carboxylic acids is 1. The summed E-state index contributed by atoms with van der Waals surface area (Å²) in [6, 6.07) is 3.10. The molecule has 0 spiro atoms. The zero-order chi connectivity index (χ0) is 20.3. The highest BCUT2D eigenvalue weighted by Crippen LogP contribution is 2.40. The number of hydrogen-bond donors (Lipinski definition) is 0. The Hall–Kier alpha value is -1.80. The van der Waals surface area contributed by atoms with E-state index in [4.69, 9.17) is 14.2 Å². The highest BCUT2D eigenvalue weighted by atomic mass is 32.1. The molecule has 0 aliphatic heterocycles. The topological polar surface area (TPSA) is 57.6 Å². The average molecular weight is 413 g/mol. The molecule has 0 radical (unpaired) electrons. The van der Waals surface area contributed by atoms with Crippen molar-refractivity contribution < 1.29 is 27.8 Å². The smallest absolute Gasteiger partial charge is 0.274 e.